The Morgan fingerprint density at radius 3 is 2.17 bits per heavy atom. The van der Waals surface area contributed by atoms with Gasteiger partial charge in [-0.2, -0.15) is 0 Å². The Kier molecular flexibility index (Phi) is 6.35. The van der Waals surface area contributed by atoms with Gasteiger partial charge < -0.3 is 16.0 Å². The van der Waals surface area contributed by atoms with Crippen LogP contribution < -0.4 is 16.0 Å². The highest BCUT2D eigenvalue weighted by Crippen LogP contribution is 2.26. The average molecular weight is 425 g/mol. The number of hydrogen-bond acceptors (Lipinski definition) is 4. The molecule has 1 heterocycles. The van der Waals surface area contributed by atoms with Gasteiger partial charge in [0, 0.05) is 64.6 Å². The standard InChI is InChI=1S/C23H22Cl2N4/c24-17-4-6-19-16(14-17)2-1-3-21(19)28-12-10-26-11-13-29-22-8-9-27-23-15-18(25)5-7-20(22)23/h1-9,14-15,26,28H,10-13H2,(H,27,29). The highest BCUT2D eigenvalue weighted by molar-refractivity contribution is 6.31. The van der Waals surface area contributed by atoms with Gasteiger partial charge in [-0.15, -0.1) is 0 Å². The summed E-state index contributed by atoms with van der Waals surface area (Å²) in [6.07, 6.45) is 1.80. The van der Waals surface area contributed by atoms with Crippen LogP contribution in [0.3, 0.4) is 0 Å². The Morgan fingerprint density at radius 2 is 1.38 bits per heavy atom. The summed E-state index contributed by atoms with van der Waals surface area (Å²) in [5.74, 6) is 0. The molecule has 0 aliphatic rings. The normalized spacial score (nSPS) is 11.1. The number of fused-ring (bicyclic) bond motifs is 2. The molecule has 0 unspecified atom stereocenters. The third kappa shape index (κ3) is 4.91. The Bertz CT molecular complexity index is 1040. The lowest BCUT2D eigenvalue weighted by molar-refractivity contribution is 0.719. The molecule has 4 aromatic rings. The van der Waals surface area contributed by atoms with Gasteiger partial charge in [0.15, 0.2) is 0 Å². The second kappa shape index (κ2) is 9.31. The van der Waals surface area contributed by atoms with E-state index < -0.39 is 0 Å². The first kappa shape index (κ1) is 19.8. The van der Waals surface area contributed by atoms with Crippen molar-refractivity contribution in [1.82, 2.24) is 10.3 Å². The number of rotatable bonds is 8. The fraction of sp³-hybridized carbons (Fsp3) is 0.174. The molecular formula is C23H22Cl2N4. The molecule has 0 fully saturated rings. The number of nitrogens with one attached hydrogen (secondary N) is 3. The van der Waals surface area contributed by atoms with Crippen LogP contribution in [-0.2, 0) is 0 Å². The predicted octanol–water partition coefficient (Wildman–Crippen LogP) is 5.81. The third-order valence-corrected chi connectivity index (χ3v) is 5.25. The van der Waals surface area contributed by atoms with Crippen LogP contribution in [0.25, 0.3) is 21.7 Å². The van der Waals surface area contributed by atoms with Crippen molar-refractivity contribution >= 4 is 56.3 Å². The van der Waals surface area contributed by atoms with E-state index in [4.69, 9.17) is 23.2 Å². The molecule has 29 heavy (non-hydrogen) atoms. The molecule has 6 heteroatoms. The van der Waals surface area contributed by atoms with Crippen LogP contribution in [0.5, 0.6) is 0 Å². The number of aromatic nitrogens is 1. The van der Waals surface area contributed by atoms with E-state index in [1.165, 1.54) is 5.39 Å². The SMILES string of the molecule is Clc1ccc2c(NCCNCCNc3ccnc4cc(Cl)ccc34)cccc2c1. The second-order valence-electron chi connectivity index (χ2n) is 6.79. The average Bonchev–Trinajstić information content (AvgIpc) is 2.72. The molecule has 0 saturated carbocycles. The van der Waals surface area contributed by atoms with Crippen LogP contribution in [0.15, 0.2) is 66.9 Å². The number of hydrogen-bond donors (Lipinski definition) is 3. The Morgan fingerprint density at radius 1 is 0.690 bits per heavy atom. The summed E-state index contributed by atoms with van der Waals surface area (Å²) >= 11 is 12.1. The monoisotopic (exact) mass is 424 g/mol. The summed E-state index contributed by atoms with van der Waals surface area (Å²) in [7, 11) is 0. The van der Waals surface area contributed by atoms with Gasteiger partial charge in [0.1, 0.15) is 0 Å². The molecular weight excluding hydrogens is 403 g/mol. The molecule has 148 valence electrons. The van der Waals surface area contributed by atoms with E-state index >= 15 is 0 Å². The van der Waals surface area contributed by atoms with Gasteiger partial charge in [0.05, 0.1) is 5.52 Å². The lowest BCUT2D eigenvalue weighted by Crippen LogP contribution is -2.27. The van der Waals surface area contributed by atoms with Crippen molar-refractivity contribution in [1.29, 1.82) is 0 Å². The lowest BCUT2D eigenvalue weighted by Gasteiger charge is -2.12. The summed E-state index contributed by atoms with van der Waals surface area (Å²) in [5, 5.41) is 15.3. The Balaban J connectivity index is 1.23. The molecule has 0 atom stereocenters. The zero-order chi connectivity index (χ0) is 20.1. The summed E-state index contributed by atoms with van der Waals surface area (Å²) in [5.41, 5.74) is 3.10. The molecule has 0 saturated heterocycles. The Hall–Kier alpha value is -2.53. The quantitative estimate of drug-likeness (QED) is 0.312. The van der Waals surface area contributed by atoms with Crippen molar-refractivity contribution in [2.45, 2.75) is 0 Å². The molecule has 4 nitrogen and oxygen atoms in total. The highest BCUT2D eigenvalue weighted by Gasteiger charge is 2.03. The molecule has 0 radical (unpaired) electrons. The summed E-state index contributed by atoms with van der Waals surface area (Å²) in [4.78, 5) is 4.37. The first-order valence-corrected chi connectivity index (χ1v) is 10.4. The predicted molar refractivity (Wildman–Crippen MR) is 126 cm³/mol. The lowest BCUT2D eigenvalue weighted by atomic mass is 10.1. The van der Waals surface area contributed by atoms with Crippen molar-refractivity contribution in [2.24, 2.45) is 0 Å². The first-order chi connectivity index (χ1) is 14.2. The van der Waals surface area contributed by atoms with Gasteiger partial charge in [-0.3, -0.25) is 4.98 Å². The maximum Gasteiger partial charge on any atom is 0.0737 e. The summed E-state index contributed by atoms with van der Waals surface area (Å²) in [6, 6.07) is 20.0. The number of halogens is 2. The van der Waals surface area contributed by atoms with Crippen LogP contribution in [0.2, 0.25) is 10.0 Å². The molecule has 4 rings (SSSR count). The minimum Gasteiger partial charge on any atom is -0.383 e. The zero-order valence-corrected chi connectivity index (χ0v) is 17.4. The molecule has 3 aromatic carbocycles. The fourth-order valence-corrected chi connectivity index (χ4v) is 3.73. The van der Waals surface area contributed by atoms with Crippen molar-refractivity contribution < 1.29 is 0 Å². The maximum absolute atomic E-state index is 6.08. The Labute approximate surface area is 180 Å². The van der Waals surface area contributed by atoms with Crippen molar-refractivity contribution in [3.63, 3.8) is 0 Å². The van der Waals surface area contributed by atoms with Crippen LogP contribution in [0.4, 0.5) is 11.4 Å². The van der Waals surface area contributed by atoms with Crippen LogP contribution in [0, 0.1) is 0 Å². The minimum absolute atomic E-state index is 0.700. The molecule has 1 aromatic heterocycles. The first-order valence-electron chi connectivity index (χ1n) is 9.62. The second-order valence-corrected chi connectivity index (χ2v) is 7.67. The summed E-state index contributed by atoms with van der Waals surface area (Å²) < 4.78 is 0. The summed E-state index contributed by atoms with van der Waals surface area (Å²) in [6.45, 7) is 3.41. The van der Waals surface area contributed by atoms with E-state index in [-0.39, 0.29) is 0 Å². The van der Waals surface area contributed by atoms with E-state index in [9.17, 15) is 0 Å². The third-order valence-electron chi connectivity index (χ3n) is 4.78. The van der Waals surface area contributed by atoms with E-state index in [1.807, 2.05) is 42.5 Å². The fourth-order valence-electron chi connectivity index (χ4n) is 3.38. The van der Waals surface area contributed by atoms with E-state index in [0.29, 0.717) is 5.02 Å². The van der Waals surface area contributed by atoms with Gasteiger partial charge >= 0.3 is 0 Å². The molecule has 0 aliphatic heterocycles. The molecule has 0 bridgehead atoms. The van der Waals surface area contributed by atoms with Crippen molar-refractivity contribution in [2.75, 3.05) is 36.8 Å². The van der Waals surface area contributed by atoms with Gasteiger partial charge in [-0.1, -0.05) is 41.4 Å². The molecule has 0 spiro atoms. The smallest absolute Gasteiger partial charge is 0.0737 e. The maximum atomic E-state index is 6.08. The zero-order valence-electron chi connectivity index (χ0n) is 15.9. The number of pyridine rings is 1. The number of nitrogens with zero attached hydrogens (tertiary/aromatic N) is 1. The van der Waals surface area contributed by atoms with Gasteiger partial charge in [0.25, 0.3) is 0 Å². The van der Waals surface area contributed by atoms with E-state index in [2.05, 4.69) is 39.1 Å². The van der Waals surface area contributed by atoms with Crippen molar-refractivity contribution in [3.05, 3.63) is 76.9 Å². The van der Waals surface area contributed by atoms with E-state index in [0.717, 1.165) is 58.9 Å². The van der Waals surface area contributed by atoms with Gasteiger partial charge in [0.2, 0.25) is 0 Å². The molecule has 0 amide bonds. The van der Waals surface area contributed by atoms with Crippen LogP contribution >= 0.6 is 23.2 Å². The largest absolute Gasteiger partial charge is 0.383 e. The minimum atomic E-state index is 0.700. The topological polar surface area (TPSA) is 49.0 Å². The van der Waals surface area contributed by atoms with E-state index in [1.54, 1.807) is 6.20 Å². The number of anilines is 2. The van der Waals surface area contributed by atoms with Gasteiger partial charge in [-0.25, -0.2) is 0 Å². The van der Waals surface area contributed by atoms with Gasteiger partial charge in [-0.05, 0) is 47.9 Å². The van der Waals surface area contributed by atoms with Crippen molar-refractivity contribution in [3.8, 4) is 0 Å². The van der Waals surface area contributed by atoms with Crippen LogP contribution in [0.1, 0.15) is 0 Å². The molecule has 3 N–H and O–H groups in total. The number of benzene rings is 3. The van der Waals surface area contributed by atoms with Crippen LogP contribution in [-0.4, -0.2) is 31.2 Å². The highest BCUT2D eigenvalue weighted by atomic mass is 35.5. The molecule has 0 aliphatic carbocycles.